The summed E-state index contributed by atoms with van der Waals surface area (Å²) in [5.41, 5.74) is 17.6. The maximum atomic E-state index is 16.7. The van der Waals surface area contributed by atoms with Gasteiger partial charge in [-0.2, -0.15) is 0 Å². The minimum atomic E-state index is -0.688. The molecule has 0 radical (unpaired) electrons. The van der Waals surface area contributed by atoms with E-state index in [9.17, 15) is 0 Å². The van der Waals surface area contributed by atoms with E-state index < -0.39 is 32.5 Å². The molecule has 2 heteroatoms. The molecule has 2 saturated carbocycles. The number of aryl methyl sites for hydroxylation is 2. The Morgan fingerprint density at radius 2 is 0.543 bits per heavy atom. The van der Waals surface area contributed by atoms with Crippen LogP contribution in [0.4, 0.5) is 5.69 Å². The summed E-state index contributed by atoms with van der Waals surface area (Å²) < 4.78 is 0. The van der Waals surface area contributed by atoms with Crippen LogP contribution in [0.3, 0.4) is 0 Å². The highest BCUT2D eigenvalue weighted by Gasteiger charge is 2.99. The Labute approximate surface area is 521 Å². The van der Waals surface area contributed by atoms with Gasteiger partial charge in [0.2, 0.25) is 0 Å². The van der Waals surface area contributed by atoms with Crippen LogP contribution in [-0.4, -0.2) is 12.5 Å². The second-order valence-corrected chi connectivity index (χ2v) is 34.3. The average molecular weight is 1160 g/mol. The lowest BCUT2D eigenvalue weighted by Gasteiger charge is -2.34. The molecule has 29 aromatic rings. The summed E-state index contributed by atoms with van der Waals surface area (Å²) in [6.07, 6.45) is 10.5. The van der Waals surface area contributed by atoms with E-state index in [1.165, 1.54) is 43.4 Å². The lowest BCUT2D eigenvalue weighted by Crippen LogP contribution is -2.28. The Morgan fingerprint density at radius 1 is 0.266 bits per heavy atom. The minimum Gasteiger partial charge on any atom is -0.303 e. The fraction of sp³-hybridized carbons (Fsp3) is 0.130. The van der Waals surface area contributed by atoms with E-state index >= 15 is 4.79 Å². The van der Waals surface area contributed by atoms with Gasteiger partial charge in [0.15, 0.2) is 0 Å². The fourth-order valence-corrected chi connectivity index (χ4v) is 33.4. The van der Waals surface area contributed by atoms with E-state index in [1.807, 2.05) is 0 Å². The number of benzene rings is 21. The average Bonchev–Trinajstić information content (AvgIpc) is 1.34. The standard InChI is InChI=1S/C92H27NO/c94-21-88-19-3-5-23-10-8-22(9-11-23)4-2-18-87(20-93-28-17-15-26-13-12-24-6-1-7-25-14-16-27(28)30(26)29(24)25)89-79-65-55-44-35-31-32-34-39-33(31)40-37-42(35)50(55)61-53-46(37)57-48(40)59-52(39)60-49-41(34)38-43-36(32)45(44)56-51(43)62-54-47(38)58(49)72-76-64(54)74(70(62)80(89)66(56)65)84-78-77-83(90(84,87)89)73(69(61)79)63(53)75-71(57)81-67(59)68(60)82(72)92(88,86(76)78)91(81,88)85(75)77/h1,6-17,20-21H,2-5,18-19H2. The van der Waals surface area contributed by atoms with E-state index in [2.05, 4.69) is 85.1 Å². The van der Waals surface area contributed by atoms with Gasteiger partial charge in [-0.25, -0.2) is 0 Å². The van der Waals surface area contributed by atoms with Gasteiger partial charge < -0.3 is 4.79 Å². The maximum Gasteiger partial charge on any atom is 0.128 e. The van der Waals surface area contributed by atoms with Crippen molar-refractivity contribution in [3.63, 3.8) is 0 Å². The highest BCUT2D eigenvalue weighted by Crippen LogP contribution is 3.02. The van der Waals surface area contributed by atoms with Gasteiger partial charge in [0.1, 0.15) is 6.29 Å². The molecule has 43 rings (SSSR count). The summed E-state index contributed by atoms with van der Waals surface area (Å²) in [4.78, 5) is 23.2. The highest BCUT2D eigenvalue weighted by molar-refractivity contribution is 6.79. The third-order valence-electron chi connectivity index (χ3n) is 33.9. The third-order valence-corrected chi connectivity index (χ3v) is 33.9. The van der Waals surface area contributed by atoms with Crippen LogP contribution in [0.25, 0.3) is 291 Å². The number of carbonyl (C=O) groups excluding carboxylic acids is 1. The van der Waals surface area contributed by atoms with Gasteiger partial charge >= 0.3 is 0 Å². The van der Waals surface area contributed by atoms with Crippen molar-refractivity contribution < 1.29 is 4.79 Å². The number of aldehydes is 1. The van der Waals surface area contributed by atoms with Crippen LogP contribution in [0.1, 0.15) is 81.3 Å². The van der Waals surface area contributed by atoms with Gasteiger partial charge in [-0.05, 0) is 386 Å². The van der Waals surface area contributed by atoms with Gasteiger partial charge in [0.05, 0.1) is 21.9 Å². The van der Waals surface area contributed by atoms with E-state index in [0.717, 1.165) is 44.2 Å². The molecule has 406 valence electrons. The summed E-state index contributed by atoms with van der Waals surface area (Å²) >= 11 is 0. The first-order valence-corrected chi connectivity index (χ1v) is 35.5. The fourth-order valence-electron chi connectivity index (χ4n) is 33.4. The van der Waals surface area contributed by atoms with Crippen molar-refractivity contribution in [1.82, 2.24) is 0 Å². The molecule has 14 aliphatic carbocycles. The van der Waals surface area contributed by atoms with Crippen LogP contribution in [0.5, 0.6) is 0 Å². The Kier molecular flexibility index (Phi) is 3.76. The van der Waals surface area contributed by atoms with Crippen molar-refractivity contribution in [2.45, 2.75) is 60.2 Å². The summed E-state index contributed by atoms with van der Waals surface area (Å²) in [6, 6.07) is 31.1. The monoisotopic (exact) mass is 1160 g/mol. The van der Waals surface area contributed by atoms with Gasteiger partial charge in [-0.15, -0.1) is 0 Å². The number of carbonyl (C=O) groups is 1. The van der Waals surface area contributed by atoms with Gasteiger partial charge in [-0.3, -0.25) is 4.99 Å². The molecule has 0 aliphatic heterocycles. The lowest BCUT2D eigenvalue weighted by atomic mass is 9.66. The van der Waals surface area contributed by atoms with Crippen molar-refractivity contribution in [1.29, 1.82) is 0 Å². The minimum absolute atomic E-state index is 0.431. The molecular formula is C92H27NO. The molecule has 3 unspecified atom stereocenters. The van der Waals surface area contributed by atoms with Crippen LogP contribution in [0, 0.1) is 10.8 Å². The molecule has 0 aromatic heterocycles. The third kappa shape index (κ3) is 2.22. The predicted molar refractivity (Wildman–Crippen MR) is 388 cm³/mol. The summed E-state index contributed by atoms with van der Waals surface area (Å²) in [5.74, 6) is 0. The Bertz CT molecular complexity index is 8870. The van der Waals surface area contributed by atoms with Gasteiger partial charge in [0, 0.05) is 27.8 Å². The lowest BCUT2D eigenvalue weighted by molar-refractivity contribution is -0.113. The molecule has 94 heavy (non-hydrogen) atoms. The maximum absolute atomic E-state index is 16.7. The quantitative estimate of drug-likeness (QED) is 0.0985. The van der Waals surface area contributed by atoms with E-state index in [4.69, 9.17) is 4.99 Å². The molecule has 0 heterocycles. The number of rotatable bonds is 3. The molecule has 0 amide bonds. The smallest absolute Gasteiger partial charge is 0.128 e. The second-order valence-electron chi connectivity index (χ2n) is 34.3. The van der Waals surface area contributed by atoms with Crippen LogP contribution in [0.15, 0.2) is 83.9 Å². The number of aliphatic imine (C=N–C) groups is 1. The first-order valence-electron chi connectivity index (χ1n) is 35.5. The topological polar surface area (TPSA) is 29.4 Å². The van der Waals surface area contributed by atoms with Crippen molar-refractivity contribution in [2.24, 2.45) is 15.8 Å². The molecule has 29 aromatic carbocycles. The largest absolute Gasteiger partial charge is 0.303 e. The second kappa shape index (κ2) is 9.24. The van der Waals surface area contributed by atoms with Crippen molar-refractivity contribution in [3.05, 3.63) is 134 Å². The zero-order valence-electron chi connectivity index (χ0n) is 49.3. The van der Waals surface area contributed by atoms with Crippen molar-refractivity contribution in [3.8, 4) is 11.1 Å². The number of nitrogens with zero attached hydrogens (tertiary/aromatic N) is 1. The number of hydrogen-bond acceptors (Lipinski definition) is 2. The van der Waals surface area contributed by atoms with Crippen molar-refractivity contribution >= 4 is 298 Å². The number of hydrogen-bond donors (Lipinski definition) is 0. The molecule has 14 aliphatic rings. The van der Waals surface area contributed by atoms with Gasteiger partial charge in [-0.1, -0.05) is 72.8 Å². The zero-order valence-corrected chi connectivity index (χ0v) is 49.3. The Balaban J connectivity index is 0.888. The van der Waals surface area contributed by atoms with E-state index in [1.54, 1.807) is 310 Å². The van der Waals surface area contributed by atoms with Gasteiger partial charge in [0.25, 0.3) is 0 Å². The molecule has 12 bridgehead atoms. The molecule has 2 fully saturated rings. The molecule has 3 atom stereocenters. The summed E-state index contributed by atoms with van der Waals surface area (Å²) in [5, 5.41) is 82.5. The molecular weight excluding hydrogens is 1140 g/mol. The van der Waals surface area contributed by atoms with E-state index in [-0.39, 0.29) is 0 Å². The van der Waals surface area contributed by atoms with Crippen LogP contribution in [-0.2, 0) is 39.3 Å². The first-order chi connectivity index (χ1) is 46.7. The van der Waals surface area contributed by atoms with Crippen LogP contribution in [0.2, 0.25) is 0 Å². The summed E-state index contributed by atoms with van der Waals surface area (Å²) in [7, 11) is 0. The normalized spacial score (nSPS) is 27.8. The van der Waals surface area contributed by atoms with Crippen LogP contribution >= 0.6 is 0 Å². The first kappa shape index (κ1) is 38.3. The highest BCUT2D eigenvalue weighted by atomic mass is 16.1. The Hall–Kier alpha value is -10.8. The molecule has 0 N–H and O–H groups in total. The summed E-state index contributed by atoms with van der Waals surface area (Å²) in [6.45, 7) is 0. The molecule has 2 nitrogen and oxygen atoms in total. The molecule has 4 spiro atoms. The molecule has 0 saturated heterocycles. The van der Waals surface area contributed by atoms with E-state index in [0.29, 0.717) is 0 Å². The zero-order chi connectivity index (χ0) is 57.1. The SMILES string of the molecule is O=CC12CCCc3ccc(cc3)CCCC3(C=Nc4ccc5ccc6cccc7ccc4c5c67)C45c6c7c8c9c%10c%11c%12c%13c%14c%15c%16c(c-7c4c4c7c%17c%18c%19c(c%20c6c9c6c%20c9c%19c%19c%20c%18c%18c7c(c4%16)c4c%15c7c%13c%13c%12c%12c%10c6c6c9c%19c9c(c%126)c%13c6c7c4c%18c%20c69)C%1735)C%141C8%112. The Morgan fingerprint density at radius 3 is 0.904 bits per heavy atom. The van der Waals surface area contributed by atoms with Crippen molar-refractivity contribution in [2.75, 3.05) is 0 Å². The van der Waals surface area contributed by atoms with Crippen LogP contribution < -0.4 is 0 Å². The predicted octanol–water partition coefficient (Wildman–Crippen LogP) is 22.7.